The van der Waals surface area contributed by atoms with Crippen molar-refractivity contribution in [1.29, 1.82) is 0 Å². The quantitative estimate of drug-likeness (QED) is 0.846. The standard InChI is InChI=1S/C17H21BrN2/c1-3-10-19-17(14-8-4-5-9-15(14)18)12-16-13(2)7-6-11-20-16/h4-9,11,17,19H,3,10,12H2,1-2H3. The topological polar surface area (TPSA) is 24.9 Å². The highest BCUT2D eigenvalue weighted by atomic mass is 79.9. The Morgan fingerprint density at radius 2 is 2.00 bits per heavy atom. The first-order valence-corrected chi connectivity index (χ1v) is 7.90. The molecular formula is C17H21BrN2. The molecule has 2 rings (SSSR count). The number of halogens is 1. The highest BCUT2D eigenvalue weighted by molar-refractivity contribution is 9.10. The van der Waals surface area contributed by atoms with Gasteiger partial charge in [0.1, 0.15) is 0 Å². The number of aryl methyl sites for hydroxylation is 1. The molecule has 0 fully saturated rings. The summed E-state index contributed by atoms with van der Waals surface area (Å²) < 4.78 is 1.15. The van der Waals surface area contributed by atoms with E-state index in [1.165, 1.54) is 11.1 Å². The highest BCUT2D eigenvalue weighted by Crippen LogP contribution is 2.26. The maximum Gasteiger partial charge on any atom is 0.0451 e. The lowest BCUT2D eigenvalue weighted by atomic mass is 9.99. The molecule has 1 unspecified atom stereocenters. The average molecular weight is 333 g/mol. The van der Waals surface area contributed by atoms with Gasteiger partial charge in [0, 0.05) is 28.8 Å². The molecule has 0 aliphatic heterocycles. The predicted molar refractivity (Wildman–Crippen MR) is 87.9 cm³/mol. The summed E-state index contributed by atoms with van der Waals surface area (Å²) in [4.78, 5) is 4.53. The number of nitrogens with zero attached hydrogens (tertiary/aromatic N) is 1. The number of benzene rings is 1. The van der Waals surface area contributed by atoms with Gasteiger partial charge >= 0.3 is 0 Å². The van der Waals surface area contributed by atoms with Gasteiger partial charge in [-0.15, -0.1) is 0 Å². The van der Waals surface area contributed by atoms with Crippen molar-refractivity contribution in [1.82, 2.24) is 10.3 Å². The van der Waals surface area contributed by atoms with Crippen LogP contribution in [0.1, 0.15) is 36.2 Å². The first-order chi connectivity index (χ1) is 9.72. The summed E-state index contributed by atoms with van der Waals surface area (Å²) in [5.74, 6) is 0. The normalized spacial score (nSPS) is 12.3. The third kappa shape index (κ3) is 3.90. The van der Waals surface area contributed by atoms with Crippen molar-refractivity contribution in [3.63, 3.8) is 0 Å². The van der Waals surface area contributed by atoms with Crippen LogP contribution in [0, 0.1) is 6.92 Å². The van der Waals surface area contributed by atoms with Crippen LogP contribution in [0.25, 0.3) is 0 Å². The number of hydrogen-bond acceptors (Lipinski definition) is 2. The van der Waals surface area contributed by atoms with E-state index in [-0.39, 0.29) is 0 Å². The number of nitrogens with one attached hydrogen (secondary N) is 1. The molecule has 1 N–H and O–H groups in total. The lowest BCUT2D eigenvalue weighted by Crippen LogP contribution is -2.25. The van der Waals surface area contributed by atoms with Gasteiger partial charge in [0.15, 0.2) is 0 Å². The summed E-state index contributed by atoms with van der Waals surface area (Å²) >= 11 is 3.66. The molecular weight excluding hydrogens is 312 g/mol. The molecule has 0 amide bonds. The Balaban J connectivity index is 2.24. The van der Waals surface area contributed by atoms with Crippen LogP contribution in [-0.4, -0.2) is 11.5 Å². The zero-order valence-electron chi connectivity index (χ0n) is 12.1. The largest absolute Gasteiger partial charge is 0.310 e. The smallest absolute Gasteiger partial charge is 0.0451 e. The van der Waals surface area contributed by atoms with Gasteiger partial charge in [-0.2, -0.15) is 0 Å². The predicted octanol–water partition coefficient (Wildman–Crippen LogP) is 4.44. The SMILES string of the molecule is CCCNC(Cc1ncccc1C)c1ccccc1Br. The molecule has 0 saturated heterocycles. The first kappa shape index (κ1) is 15.2. The summed E-state index contributed by atoms with van der Waals surface area (Å²) in [7, 11) is 0. The Morgan fingerprint density at radius 3 is 2.70 bits per heavy atom. The Bertz CT molecular complexity index is 554. The van der Waals surface area contributed by atoms with E-state index in [1.807, 2.05) is 12.3 Å². The van der Waals surface area contributed by atoms with E-state index in [9.17, 15) is 0 Å². The van der Waals surface area contributed by atoms with Crippen LogP contribution in [0.2, 0.25) is 0 Å². The Hall–Kier alpha value is -1.19. The summed E-state index contributed by atoms with van der Waals surface area (Å²) in [6.07, 6.45) is 3.91. The maximum absolute atomic E-state index is 4.53. The minimum absolute atomic E-state index is 0.291. The molecule has 2 nitrogen and oxygen atoms in total. The third-order valence-corrected chi connectivity index (χ3v) is 4.16. The average Bonchev–Trinajstić information content (AvgIpc) is 2.46. The Labute approximate surface area is 129 Å². The van der Waals surface area contributed by atoms with Crippen LogP contribution in [0.4, 0.5) is 0 Å². The van der Waals surface area contributed by atoms with Gasteiger partial charge < -0.3 is 5.32 Å². The molecule has 0 bridgehead atoms. The molecule has 20 heavy (non-hydrogen) atoms. The van der Waals surface area contributed by atoms with Crippen LogP contribution in [0.15, 0.2) is 47.1 Å². The van der Waals surface area contributed by atoms with Crippen molar-refractivity contribution < 1.29 is 0 Å². The molecule has 2 aromatic rings. The molecule has 0 spiro atoms. The van der Waals surface area contributed by atoms with E-state index in [2.05, 4.69) is 70.4 Å². The number of pyridine rings is 1. The van der Waals surface area contributed by atoms with Gasteiger partial charge in [-0.05, 0) is 43.1 Å². The van der Waals surface area contributed by atoms with Crippen LogP contribution in [0.3, 0.4) is 0 Å². The Morgan fingerprint density at radius 1 is 1.20 bits per heavy atom. The molecule has 1 heterocycles. The van der Waals surface area contributed by atoms with Gasteiger partial charge in [0.25, 0.3) is 0 Å². The van der Waals surface area contributed by atoms with E-state index in [4.69, 9.17) is 0 Å². The lowest BCUT2D eigenvalue weighted by Gasteiger charge is -2.20. The molecule has 3 heteroatoms. The van der Waals surface area contributed by atoms with Crippen molar-refractivity contribution in [2.24, 2.45) is 0 Å². The second-order valence-electron chi connectivity index (χ2n) is 5.00. The summed E-state index contributed by atoms with van der Waals surface area (Å²) in [5, 5.41) is 3.63. The van der Waals surface area contributed by atoms with E-state index in [1.54, 1.807) is 0 Å². The third-order valence-electron chi connectivity index (χ3n) is 3.44. The number of rotatable bonds is 6. The molecule has 0 saturated carbocycles. The summed E-state index contributed by atoms with van der Waals surface area (Å²) in [6, 6.07) is 12.8. The minimum Gasteiger partial charge on any atom is -0.310 e. The molecule has 0 aliphatic carbocycles. The van der Waals surface area contributed by atoms with Gasteiger partial charge in [-0.1, -0.05) is 47.1 Å². The van der Waals surface area contributed by atoms with Gasteiger partial charge in [0.2, 0.25) is 0 Å². The van der Waals surface area contributed by atoms with Gasteiger partial charge in [-0.25, -0.2) is 0 Å². The lowest BCUT2D eigenvalue weighted by molar-refractivity contribution is 0.522. The van der Waals surface area contributed by atoms with Crippen LogP contribution in [0.5, 0.6) is 0 Å². The van der Waals surface area contributed by atoms with Crippen molar-refractivity contribution in [2.45, 2.75) is 32.7 Å². The fourth-order valence-corrected chi connectivity index (χ4v) is 2.85. The van der Waals surface area contributed by atoms with Crippen LogP contribution in [-0.2, 0) is 6.42 Å². The fraction of sp³-hybridized carbons (Fsp3) is 0.353. The van der Waals surface area contributed by atoms with E-state index in [0.717, 1.165) is 29.6 Å². The molecule has 106 valence electrons. The Kier molecular flexibility index (Phi) is 5.74. The molecule has 1 aromatic heterocycles. The second kappa shape index (κ2) is 7.55. The van der Waals surface area contributed by atoms with Gasteiger partial charge in [-0.3, -0.25) is 4.98 Å². The van der Waals surface area contributed by atoms with E-state index in [0.29, 0.717) is 6.04 Å². The highest BCUT2D eigenvalue weighted by Gasteiger charge is 2.15. The summed E-state index contributed by atoms with van der Waals surface area (Å²) in [5.41, 5.74) is 3.71. The number of aromatic nitrogens is 1. The first-order valence-electron chi connectivity index (χ1n) is 7.10. The van der Waals surface area contributed by atoms with E-state index < -0.39 is 0 Å². The van der Waals surface area contributed by atoms with Crippen molar-refractivity contribution in [2.75, 3.05) is 6.54 Å². The second-order valence-corrected chi connectivity index (χ2v) is 5.85. The zero-order chi connectivity index (χ0) is 14.4. The summed E-state index contributed by atoms with van der Waals surface area (Å²) in [6.45, 7) is 5.33. The molecule has 1 aromatic carbocycles. The molecule has 1 atom stereocenters. The zero-order valence-corrected chi connectivity index (χ0v) is 13.7. The van der Waals surface area contributed by atoms with Crippen LogP contribution >= 0.6 is 15.9 Å². The monoisotopic (exact) mass is 332 g/mol. The molecule has 0 aliphatic rings. The maximum atomic E-state index is 4.53. The van der Waals surface area contributed by atoms with Gasteiger partial charge in [0.05, 0.1) is 0 Å². The van der Waals surface area contributed by atoms with Crippen LogP contribution < -0.4 is 5.32 Å². The number of hydrogen-bond donors (Lipinski definition) is 1. The minimum atomic E-state index is 0.291. The molecule has 0 radical (unpaired) electrons. The van der Waals surface area contributed by atoms with Crippen molar-refractivity contribution in [3.05, 3.63) is 63.9 Å². The fourth-order valence-electron chi connectivity index (χ4n) is 2.29. The van der Waals surface area contributed by atoms with Crippen molar-refractivity contribution in [3.8, 4) is 0 Å². The van der Waals surface area contributed by atoms with E-state index >= 15 is 0 Å². The van der Waals surface area contributed by atoms with Crippen molar-refractivity contribution >= 4 is 15.9 Å².